The molecule has 0 spiro atoms. The van der Waals surface area contributed by atoms with Crippen molar-refractivity contribution in [2.45, 2.75) is 38.8 Å². The minimum absolute atomic E-state index is 0. The summed E-state index contributed by atoms with van der Waals surface area (Å²) in [6.07, 6.45) is 2.33. The van der Waals surface area contributed by atoms with Gasteiger partial charge in [0.15, 0.2) is 0 Å². The van der Waals surface area contributed by atoms with E-state index in [1.54, 1.807) is 7.11 Å². The first kappa shape index (κ1) is 21.7. The number of likely N-dealkylation sites (tertiary alicyclic amines) is 1. The summed E-state index contributed by atoms with van der Waals surface area (Å²) < 4.78 is 5.21. The fourth-order valence-electron chi connectivity index (χ4n) is 3.30. The van der Waals surface area contributed by atoms with Gasteiger partial charge in [0.05, 0.1) is 19.7 Å². The lowest BCUT2D eigenvalue weighted by molar-refractivity contribution is -0.123. The molecule has 2 atom stereocenters. The van der Waals surface area contributed by atoms with Crippen LogP contribution < -0.4 is 15.4 Å². The van der Waals surface area contributed by atoms with E-state index in [0.29, 0.717) is 18.5 Å². The molecule has 1 aliphatic rings. The van der Waals surface area contributed by atoms with E-state index in [-0.39, 0.29) is 24.4 Å². The number of piperidine rings is 1. The second-order valence-electron chi connectivity index (χ2n) is 6.93. The molecule has 0 bridgehead atoms. The van der Waals surface area contributed by atoms with Crippen molar-refractivity contribution in [2.24, 2.45) is 5.92 Å². The van der Waals surface area contributed by atoms with E-state index in [2.05, 4.69) is 29.4 Å². The van der Waals surface area contributed by atoms with Crippen LogP contribution in [0.15, 0.2) is 24.3 Å². The van der Waals surface area contributed by atoms with Gasteiger partial charge in [0, 0.05) is 12.6 Å². The third kappa shape index (κ3) is 6.49. The van der Waals surface area contributed by atoms with Crippen LogP contribution in [0.1, 0.15) is 38.3 Å². The van der Waals surface area contributed by atoms with E-state index in [9.17, 15) is 4.79 Å². The highest BCUT2D eigenvalue weighted by molar-refractivity contribution is 5.85. The number of nitrogens with zero attached hydrogens (tertiary/aromatic N) is 1. The van der Waals surface area contributed by atoms with Crippen LogP contribution in [0.25, 0.3) is 0 Å². The Kier molecular flexibility index (Phi) is 9.25. The lowest BCUT2D eigenvalue weighted by atomic mass is 9.96. The standard InChI is InChI=1S/C19H31N3O2.ClH/c1-14(2)19(15-7-9-17(24-4)10-8-15)21-18(23)13-22-11-5-6-16(12-22)20-3;/h7-10,14,16,19-20H,5-6,11-13H2,1-4H3,(H,21,23);1H. The van der Waals surface area contributed by atoms with Crippen molar-refractivity contribution < 1.29 is 9.53 Å². The molecule has 0 aromatic heterocycles. The number of amides is 1. The number of carbonyl (C=O) groups excluding carboxylic acids is 1. The van der Waals surface area contributed by atoms with Gasteiger partial charge in [-0.2, -0.15) is 0 Å². The molecule has 5 nitrogen and oxygen atoms in total. The van der Waals surface area contributed by atoms with Crippen molar-refractivity contribution in [3.8, 4) is 5.75 Å². The Hall–Kier alpha value is -1.30. The van der Waals surface area contributed by atoms with Gasteiger partial charge in [-0.3, -0.25) is 9.69 Å². The first-order chi connectivity index (χ1) is 11.5. The van der Waals surface area contributed by atoms with E-state index < -0.39 is 0 Å². The Morgan fingerprint density at radius 1 is 1.32 bits per heavy atom. The summed E-state index contributed by atoms with van der Waals surface area (Å²) in [5.41, 5.74) is 1.12. The molecule has 2 N–H and O–H groups in total. The second-order valence-corrected chi connectivity index (χ2v) is 6.93. The monoisotopic (exact) mass is 369 g/mol. The van der Waals surface area contributed by atoms with E-state index in [0.717, 1.165) is 30.8 Å². The third-order valence-electron chi connectivity index (χ3n) is 4.74. The van der Waals surface area contributed by atoms with Gasteiger partial charge in [-0.15, -0.1) is 12.4 Å². The quantitative estimate of drug-likeness (QED) is 0.775. The molecule has 0 aliphatic carbocycles. The van der Waals surface area contributed by atoms with Gasteiger partial charge >= 0.3 is 0 Å². The molecular formula is C19H32ClN3O2. The summed E-state index contributed by atoms with van der Waals surface area (Å²) in [6.45, 7) is 6.68. The lowest BCUT2D eigenvalue weighted by Crippen LogP contribution is -2.48. The molecule has 0 saturated carbocycles. The maximum atomic E-state index is 12.5. The van der Waals surface area contributed by atoms with E-state index in [1.165, 1.54) is 6.42 Å². The molecule has 1 heterocycles. The van der Waals surface area contributed by atoms with Gasteiger partial charge in [-0.05, 0) is 50.0 Å². The number of rotatable bonds is 7. The van der Waals surface area contributed by atoms with Gasteiger partial charge < -0.3 is 15.4 Å². The number of nitrogens with one attached hydrogen (secondary N) is 2. The molecule has 6 heteroatoms. The molecule has 1 aromatic carbocycles. The van der Waals surface area contributed by atoms with Crippen molar-refractivity contribution >= 4 is 18.3 Å². The molecule has 25 heavy (non-hydrogen) atoms. The summed E-state index contributed by atoms with van der Waals surface area (Å²) in [6, 6.07) is 8.46. The van der Waals surface area contributed by atoms with Crippen LogP contribution in [-0.4, -0.2) is 50.6 Å². The first-order valence-electron chi connectivity index (χ1n) is 8.86. The number of hydrogen-bond donors (Lipinski definition) is 2. The minimum atomic E-state index is 0. The predicted molar refractivity (Wildman–Crippen MR) is 104 cm³/mol. The van der Waals surface area contributed by atoms with Gasteiger partial charge in [-0.1, -0.05) is 26.0 Å². The van der Waals surface area contributed by atoms with Crippen LogP contribution >= 0.6 is 12.4 Å². The molecule has 1 amide bonds. The van der Waals surface area contributed by atoms with Crippen LogP contribution in [0.5, 0.6) is 5.75 Å². The van der Waals surface area contributed by atoms with Crippen LogP contribution in [0.2, 0.25) is 0 Å². The molecule has 2 rings (SSSR count). The average Bonchev–Trinajstić information content (AvgIpc) is 2.59. The molecule has 1 saturated heterocycles. The largest absolute Gasteiger partial charge is 0.497 e. The number of halogens is 1. The van der Waals surface area contributed by atoms with Crippen LogP contribution in [-0.2, 0) is 4.79 Å². The Bertz CT molecular complexity index is 522. The van der Waals surface area contributed by atoms with Gasteiger partial charge in [0.2, 0.25) is 5.91 Å². The van der Waals surface area contributed by atoms with Crippen LogP contribution in [0, 0.1) is 5.92 Å². The molecule has 0 radical (unpaired) electrons. The Balaban J connectivity index is 0.00000312. The minimum Gasteiger partial charge on any atom is -0.497 e. The zero-order chi connectivity index (χ0) is 17.5. The van der Waals surface area contributed by atoms with Gasteiger partial charge in [0.1, 0.15) is 5.75 Å². The summed E-state index contributed by atoms with van der Waals surface area (Å²) in [7, 11) is 3.65. The topological polar surface area (TPSA) is 53.6 Å². The molecule has 2 unspecified atom stereocenters. The normalized spacial score (nSPS) is 19.2. The fourth-order valence-corrected chi connectivity index (χ4v) is 3.30. The smallest absolute Gasteiger partial charge is 0.234 e. The highest BCUT2D eigenvalue weighted by Crippen LogP contribution is 2.24. The van der Waals surface area contributed by atoms with E-state index >= 15 is 0 Å². The first-order valence-corrected chi connectivity index (χ1v) is 8.86. The Morgan fingerprint density at radius 3 is 2.56 bits per heavy atom. The Morgan fingerprint density at radius 2 is 2.00 bits per heavy atom. The molecule has 142 valence electrons. The average molecular weight is 370 g/mol. The number of ether oxygens (including phenoxy) is 1. The number of methoxy groups -OCH3 is 1. The number of likely N-dealkylation sites (N-methyl/N-ethyl adjacent to an activating group) is 1. The summed E-state index contributed by atoms with van der Waals surface area (Å²) in [4.78, 5) is 14.8. The summed E-state index contributed by atoms with van der Waals surface area (Å²) in [5, 5.41) is 6.53. The highest BCUT2D eigenvalue weighted by atomic mass is 35.5. The molecule has 1 aliphatic heterocycles. The second kappa shape index (κ2) is 10.6. The highest BCUT2D eigenvalue weighted by Gasteiger charge is 2.23. The fraction of sp³-hybridized carbons (Fsp3) is 0.632. The zero-order valence-corrected chi connectivity index (χ0v) is 16.6. The van der Waals surface area contributed by atoms with Crippen molar-refractivity contribution in [1.29, 1.82) is 0 Å². The summed E-state index contributed by atoms with van der Waals surface area (Å²) >= 11 is 0. The van der Waals surface area contributed by atoms with Crippen molar-refractivity contribution in [1.82, 2.24) is 15.5 Å². The third-order valence-corrected chi connectivity index (χ3v) is 4.74. The maximum absolute atomic E-state index is 12.5. The maximum Gasteiger partial charge on any atom is 0.234 e. The number of hydrogen-bond acceptors (Lipinski definition) is 4. The zero-order valence-electron chi connectivity index (χ0n) is 15.7. The SMILES string of the molecule is CNC1CCCN(CC(=O)NC(c2ccc(OC)cc2)C(C)C)C1.Cl. The van der Waals surface area contributed by atoms with Crippen LogP contribution in [0.4, 0.5) is 0 Å². The van der Waals surface area contributed by atoms with E-state index in [1.807, 2.05) is 31.3 Å². The van der Waals surface area contributed by atoms with E-state index in [4.69, 9.17) is 4.74 Å². The lowest BCUT2D eigenvalue weighted by Gasteiger charge is -2.32. The van der Waals surface area contributed by atoms with Gasteiger partial charge in [-0.25, -0.2) is 0 Å². The molecular weight excluding hydrogens is 338 g/mol. The van der Waals surface area contributed by atoms with Crippen LogP contribution in [0.3, 0.4) is 0 Å². The van der Waals surface area contributed by atoms with Crippen molar-refractivity contribution in [3.05, 3.63) is 29.8 Å². The van der Waals surface area contributed by atoms with Crippen molar-refractivity contribution in [2.75, 3.05) is 33.8 Å². The number of benzene rings is 1. The van der Waals surface area contributed by atoms with Crippen molar-refractivity contribution in [3.63, 3.8) is 0 Å². The predicted octanol–water partition coefficient (Wildman–Crippen LogP) is 2.61. The molecule has 1 aromatic rings. The molecule has 1 fully saturated rings. The number of carbonyl (C=O) groups is 1. The Labute approximate surface area is 157 Å². The van der Waals surface area contributed by atoms with Gasteiger partial charge in [0.25, 0.3) is 0 Å². The summed E-state index contributed by atoms with van der Waals surface area (Å²) in [5.74, 6) is 1.26.